The van der Waals surface area contributed by atoms with Gasteiger partial charge < -0.3 is 15.5 Å². The van der Waals surface area contributed by atoms with Crippen LogP contribution in [0.25, 0.3) is 0 Å². The third-order valence-corrected chi connectivity index (χ3v) is 3.99. The molecule has 1 aliphatic rings. The zero-order chi connectivity index (χ0) is 17.8. The summed E-state index contributed by atoms with van der Waals surface area (Å²) in [5.74, 6) is -0.0233. The van der Waals surface area contributed by atoms with E-state index in [1.54, 1.807) is 12.3 Å². The van der Waals surface area contributed by atoms with Gasteiger partial charge in [0.2, 0.25) is 5.91 Å². The van der Waals surface area contributed by atoms with Gasteiger partial charge in [0.25, 0.3) is 5.91 Å². The Balaban J connectivity index is 1.70. The van der Waals surface area contributed by atoms with Crippen molar-refractivity contribution >= 4 is 23.2 Å². The molecule has 2 heterocycles. The van der Waals surface area contributed by atoms with Crippen LogP contribution in [0.5, 0.6) is 0 Å². The number of carbonyl (C=O) groups excluding carboxylic acids is 2. The van der Waals surface area contributed by atoms with Crippen LogP contribution in [0.1, 0.15) is 19.1 Å². The molecule has 2 unspecified atom stereocenters. The van der Waals surface area contributed by atoms with Gasteiger partial charge >= 0.3 is 0 Å². The molecule has 0 saturated heterocycles. The van der Waals surface area contributed by atoms with E-state index in [1.807, 2.05) is 43.3 Å². The number of nitrogens with two attached hydrogens (primary N) is 1. The van der Waals surface area contributed by atoms with Gasteiger partial charge in [0, 0.05) is 18.9 Å². The van der Waals surface area contributed by atoms with Crippen LogP contribution in [-0.4, -0.2) is 29.6 Å². The molecule has 2 amide bonds. The van der Waals surface area contributed by atoms with Gasteiger partial charge in [-0.25, -0.2) is 0 Å². The van der Waals surface area contributed by atoms with Crippen molar-refractivity contribution in [2.75, 3.05) is 5.01 Å². The summed E-state index contributed by atoms with van der Waals surface area (Å²) in [5.41, 5.74) is 6.49. The Morgan fingerprint density at radius 2 is 2.08 bits per heavy atom. The van der Waals surface area contributed by atoms with Crippen molar-refractivity contribution in [3.05, 3.63) is 54.5 Å². The van der Waals surface area contributed by atoms with Gasteiger partial charge in [-0.1, -0.05) is 18.2 Å². The number of hydrogen-bond acceptors (Lipinski definition) is 5. The lowest BCUT2D eigenvalue weighted by Crippen LogP contribution is -2.41. The molecule has 3 N–H and O–H groups in total. The largest absolute Gasteiger partial charge is 0.469 e. The summed E-state index contributed by atoms with van der Waals surface area (Å²) >= 11 is 0. The van der Waals surface area contributed by atoms with Crippen LogP contribution in [0.3, 0.4) is 0 Å². The first kappa shape index (κ1) is 16.8. The van der Waals surface area contributed by atoms with Crippen LogP contribution in [-0.2, 0) is 16.0 Å². The van der Waals surface area contributed by atoms with Gasteiger partial charge in [-0.05, 0) is 31.2 Å². The van der Waals surface area contributed by atoms with Crippen molar-refractivity contribution in [2.24, 2.45) is 10.8 Å². The van der Waals surface area contributed by atoms with Gasteiger partial charge in [0.05, 0.1) is 12.0 Å². The van der Waals surface area contributed by atoms with Gasteiger partial charge in [-0.2, -0.15) is 5.10 Å². The number of benzene rings is 1. The number of anilines is 1. The van der Waals surface area contributed by atoms with E-state index in [1.165, 1.54) is 5.01 Å². The first-order valence-corrected chi connectivity index (χ1v) is 8.09. The van der Waals surface area contributed by atoms with Crippen molar-refractivity contribution in [3.63, 3.8) is 0 Å². The molecule has 7 nitrogen and oxygen atoms in total. The fourth-order valence-corrected chi connectivity index (χ4v) is 2.78. The van der Waals surface area contributed by atoms with E-state index in [0.717, 1.165) is 11.4 Å². The average molecular weight is 340 g/mol. The molecule has 1 aromatic heterocycles. The van der Waals surface area contributed by atoms with Gasteiger partial charge in [-0.15, -0.1) is 0 Å². The number of hydrazone groups is 1. The van der Waals surface area contributed by atoms with Crippen LogP contribution >= 0.6 is 0 Å². The van der Waals surface area contributed by atoms with Crippen LogP contribution in [0.15, 0.2) is 58.2 Å². The Hall–Kier alpha value is -3.09. The van der Waals surface area contributed by atoms with E-state index in [0.29, 0.717) is 12.1 Å². The zero-order valence-corrected chi connectivity index (χ0v) is 13.9. The molecule has 2 aromatic rings. The number of primary amides is 1. The first-order chi connectivity index (χ1) is 12.0. The van der Waals surface area contributed by atoms with Crippen LogP contribution in [0.4, 0.5) is 5.69 Å². The van der Waals surface area contributed by atoms with Crippen molar-refractivity contribution in [1.82, 2.24) is 5.32 Å². The number of para-hydroxylation sites is 1. The lowest BCUT2D eigenvalue weighted by atomic mass is 10.1. The quantitative estimate of drug-likeness (QED) is 0.831. The SMILES string of the molecule is CC(Cc1ccco1)NC(=O)C1=NN(c2ccccc2)C(C(N)=O)C1. The second-order valence-electron chi connectivity index (χ2n) is 6.01. The number of rotatable bonds is 6. The van der Waals surface area contributed by atoms with E-state index in [-0.39, 0.29) is 18.4 Å². The lowest BCUT2D eigenvalue weighted by Gasteiger charge is -2.20. The second kappa shape index (κ2) is 7.21. The van der Waals surface area contributed by atoms with E-state index in [2.05, 4.69) is 10.4 Å². The van der Waals surface area contributed by atoms with E-state index in [9.17, 15) is 9.59 Å². The van der Waals surface area contributed by atoms with Crippen LogP contribution in [0, 0.1) is 0 Å². The summed E-state index contributed by atoms with van der Waals surface area (Å²) in [4.78, 5) is 24.2. The maximum atomic E-state index is 12.5. The molecule has 3 rings (SSSR count). The number of amides is 2. The number of carbonyl (C=O) groups is 2. The van der Waals surface area contributed by atoms with Crippen molar-refractivity contribution in [2.45, 2.75) is 31.8 Å². The third-order valence-electron chi connectivity index (χ3n) is 3.99. The molecule has 130 valence electrons. The van der Waals surface area contributed by atoms with Crippen LogP contribution in [0.2, 0.25) is 0 Å². The Morgan fingerprint density at radius 1 is 1.32 bits per heavy atom. The normalized spacial score (nSPS) is 17.9. The van der Waals surface area contributed by atoms with Gasteiger partial charge in [0.15, 0.2) is 0 Å². The summed E-state index contributed by atoms with van der Waals surface area (Å²) in [7, 11) is 0. The molecule has 7 heteroatoms. The number of nitrogens with one attached hydrogen (secondary N) is 1. The molecule has 0 bridgehead atoms. The molecule has 0 aliphatic carbocycles. The van der Waals surface area contributed by atoms with Crippen molar-refractivity contribution in [3.8, 4) is 0 Å². The standard InChI is InChI=1S/C18H20N4O3/c1-12(10-14-8-5-9-25-14)20-18(24)15-11-16(17(19)23)22(21-15)13-6-3-2-4-7-13/h2-9,12,16H,10-11H2,1H3,(H2,19,23)(H,20,24). The molecular formula is C18H20N4O3. The maximum Gasteiger partial charge on any atom is 0.267 e. The molecular weight excluding hydrogens is 320 g/mol. The summed E-state index contributed by atoms with van der Waals surface area (Å²) < 4.78 is 5.28. The molecule has 1 aliphatic heterocycles. The highest BCUT2D eigenvalue weighted by Crippen LogP contribution is 2.24. The lowest BCUT2D eigenvalue weighted by molar-refractivity contribution is -0.119. The number of furan rings is 1. The highest BCUT2D eigenvalue weighted by molar-refractivity contribution is 6.40. The Kier molecular flexibility index (Phi) is 4.83. The molecule has 25 heavy (non-hydrogen) atoms. The summed E-state index contributed by atoms with van der Waals surface area (Å²) in [5, 5.41) is 8.72. The fraction of sp³-hybridized carbons (Fsp3) is 0.278. The second-order valence-corrected chi connectivity index (χ2v) is 6.01. The molecule has 0 saturated carbocycles. The Bertz CT molecular complexity index is 771. The minimum Gasteiger partial charge on any atom is -0.469 e. The smallest absolute Gasteiger partial charge is 0.267 e. The molecule has 1 aromatic carbocycles. The van der Waals surface area contributed by atoms with E-state index >= 15 is 0 Å². The zero-order valence-electron chi connectivity index (χ0n) is 13.9. The molecule has 0 fully saturated rings. The topological polar surface area (TPSA) is 101 Å². The minimum absolute atomic E-state index is 0.126. The van der Waals surface area contributed by atoms with Crippen molar-refractivity contribution in [1.29, 1.82) is 0 Å². The fourth-order valence-electron chi connectivity index (χ4n) is 2.78. The molecule has 0 radical (unpaired) electrons. The van der Waals surface area contributed by atoms with Gasteiger partial charge in [-0.3, -0.25) is 14.6 Å². The predicted octanol–water partition coefficient (Wildman–Crippen LogP) is 1.45. The summed E-state index contributed by atoms with van der Waals surface area (Å²) in [6.07, 6.45) is 2.36. The summed E-state index contributed by atoms with van der Waals surface area (Å²) in [6, 6.07) is 12.1. The maximum absolute atomic E-state index is 12.5. The number of hydrogen-bond donors (Lipinski definition) is 2. The minimum atomic E-state index is -0.663. The highest BCUT2D eigenvalue weighted by Gasteiger charge is 2.35. The molecule has 0 spiro atoms. The number of nitrogens with zero attached hydrogens (tertiary/aromatic N) is 2. The predicted molar refractivity (Wildman–Crippen MR) is 94.0 cm³/mol. The van der Waals surface area contributed by atoms with Crippen LogP contribution < -0.4 is 16.1 Å². The van der Waals surface area contributed by atoms with E-state index in [4.69, 9.17) is 10.2 Å². The average Bonchev–Trinajstić information content (AvgIpc) is 3.24. The Morgan fingerprint density at radius 3 is 2.72 bits per heavy atom. The van der Waals surface area contributed by atoms with Crippen molar-refractivity contribution < 1.29 is 14.0 Å². The monoisotopic (exact) mass is 340 g/mol. The first-order valence-electron chi connectivity index (χ1n) is 8.09. The third kappa shape index (κ3) is 3.88. The highest BCUT2D eigenvalue weighted by atomic mass is 16.3. The van der Waals surface area contributed by atoms with E-state index < -0.39 is 11.9 Å². The summed E-state index contributed by atoms with van der Waals surface area (Å²) in [6.45, 7) is 1.89. The molecule has 2 atom stereocenters. The van der Waals surface area contributed by atoms with Gasteiger partial charge in [0.1, 0.15) is 17.5 Å². The Labute approximate surface area is 145 Å².